The van der Waals surface area contributed by atoms with E-state index in [1.807, 2.05) is 49.4 Å². The second kappa shape index (κ2) is 10.3. The molecule has 0 aliphatic carbocycles. The van der Waals surface area contributed by atoms with E-state index in [1.165, 1.54) is 0 Å². The molecule has 8 nitrogen and oxygen atoms in total. The van der Waals surface area contributed by atoms with Crippen molar-refractivity contribution in [3.05, 3.63) is 109 Å². The fraction of sp³-hybridized carbons (Fsp3) is 0.0303. The van der Waals surface area contributed by atoms with Gasteiger partial charge in [-0.25, -0.2) is 9.97 Å². The molecule has 0 saturated heterocycles. The van der Waals surface area contributed by atoms with Gasteiger partial charge in [0.05, 0.1) is 23.3 Å². The first-order chi connectivity index (χ1) is 20.0. The van der Waals surface area contributed by atoms with E-state index in [2.05, 4.69) is 26.3 Å². The Hall–Kier alpha value is -5.24. The first-order valence-electron chi connectivity index (χ1n) is 12.9. The monoisotopic (exact) mass is 593 g/mol. The Balaban J connectivity index is 0.00000316. The predicted octanol–water partition coefficient (Wildman–Crippen LogP) is 6.51. The Bertz CT molecular complexity index is 2200. The van der Waals surface area contributed by atoms with Crippen LogP contribution in [-0.2, 0) is 17.1 Å². The van der Waals surface area contributed by atoms with Gasteiger partial charge < -0.3 is 29.9 Å². The van der Waals surface area contributed by atoms with Crippen molar-refractivity contribution in [2.75, 3.05) is 0 Å². The SMILES string of the molecule is C=CC1=C(C=C)c2nc1nc1[n-]c(nc3nc(nc4[n-]c(n2)c2ccccc42)-c2cccc(C)c2-3)c(C=C)c1C=C.[Cu+2]. The molecule has 0 atom stereocenters. The number of aromatic nitrogens is 8. The van der Waals surface area contributed by atoms with Crippen LogP contribution in [0.2, 0.25) is 0 Å². The van der Waals surface area contributed by atoms with Crippen LogP contribution < -0.4 is 9.97 Å². The van der Waals surface area contributed by atoms with Crippen molar-refractivity contribution < 1.29 is 17.1 Å². The molecule has 0 fully saturated rings. The van der Waals surface area contributed by atoms with Gasteiger partial charge in [-0.05, 0) is 34.4 Å². The smallest absolute Gasteiger partial charge is 0.357 e. The number of allylic oxidation sites excluding steroid dienone is 4. The van der Waals surface area contributed by atoms with E-state index >= 15 is 0 Å². The molecule has 8 bridgehead atoms. The van der Waals surface area contributed by atoms with Crippen LogP contribution in [0.5, 0.6) is 0 Å². The van der Waals surface area contributed by atoms with Gasteiger partial charge in [0, 0.05) is 44.9 Å². The Morgan fingerprint density at radius 2 is 1.05 bits per heavy atom. The van der Waals surface area contributed by atoms with Gasteiger partial charge >= 0.3 is 17.1 Å². The van der Waals surface area contributed by atoms with Crippen molar-refractivity contribution in [1.82, 2.24) is 39.9 Å². The molecule has 2 aliphatic heterocycles. The Morgan fingerprint density at radius 3 is 1.62 bits per heavy atom. The third-order valence-electron chi connectivity index (χ3n) is 7.20. The van der Waals surface area contributed by atoms with Crippen molar-refractivity contribution in [1.29, 1.82) is 0 Å². The Kier molecular flexibility index (Phi) is 6.61. The van der Waals surface area contributed by atoms with E-state index in [1.54, 1.807) is 24.3 Å². The fourth-order valence-corrected chi connectivity index (χ4v) is 5.27. The van der Waals surface area contributed by atoms with Gasteiger partial charge in [0.2, 0.25) is 0 Å². The molecule has 2 aliphatic rings. The molecule has 0 spiro atoms. The number of hydrogen-bond donors (Lipinski definition) is 0. The van der Waals surface area contributed by atoms with Gasteiger partial charge in [0.25, 0.3) is 0 Å². The second-order valence-corrected chi connectivity index (χ2v) is 9.50. The summed E-state index contributed by atoms with van der Waals surface area (Å²) < 4.78 is 0. The van der Waals surface area contributed by atoms with Crippen LogP contribution in [-0.4, -0.2) is 29.9 Å². The van der Waals surface area contributed by atoms with Crippen molar-refractivity contribution in [3.63, 3.8) is 0 Å². The summed E-state index contributed by atoms with van der Waals surface area (Å²) in [5, 5.41) is 1.69. The first-order valence-corrected chi connectivity index (χ1v) is 12.9. The van der Waals surface area contributed by atoms with E-state index in [-0.39, 0.29) is 17.1 Å². The van der Waals surface area contributed by atoms with E-state index in [9.17, 15) is 0 Å². The average molecular weight is 594 g/mol. The minimum absolute atomic E-state index is 0. The summed E-state index contributed by atoms with van der Waals surface area (Å²) >= 11 is 0. The third-order valence-corrected chi connectivity index (χ3v) is 7.20. The molecule has 9 heteroatoms. The summed E-state index contributed by atoms with van der Waals surface area (Å²) in [6.45, 7) is 18.0. The van der Waals surface area contributed by atoms with Crippen LogP contribution in [0.25, 0.3) is 79.4 Å². The molecule has 3 aromatic heterocycles. The Morgan fingerprint density at radius 1 is 0.548 bits per heavy atom. The maximum absolute atomic E-state index is 4.95. The largest absolute Gasteiger partial charge is 2.00 e. The number of fused-ring (bicyclic) bond motifs is 14. The number of nitrogens with zero attached hydrogens (tertiary/aromatic N) is 8. The summed E-state index contributed by atoms with van der Waals surface area (Å²) in [6.07, 6.45) is 6.77. The average Bonchev–Trinajstić information content (AvgIpc) is 3.70. The van der Waals surface area contributed by atoms with E-state index in [0.29, 0.717) is 68.2 Å². The van der Waals surface area contributed by atoms with Crippen LogP contribution >= 0.6 is 0 Å². The quantitative estimate of drug-likeness (QED) is 0.213. The molecule has 42 heavy (non-hydrogen) atoms. The minimum atomic E-state index is 0. The zero-order chi connectivity index (χ0) is 28.2. The molecule has 0 saturated carbocycles. The van der Waals surface area contributed by atoms with Gasteiger partial charge in [0.15, 0.2) is 0 Å². The van der Waals surface area contributed by atoms with Crippen LogP contribution in [0.3, 0.4) is 0 Å². The van der Waals surface area contributed by atoms with E-state index in [4.69, 9.17) is 39.9 Å². The standard InChI is InChI=1S/C33H22N8.Cu/c1-6-18-19(7-2)28-35-26(18)34-27-20(8-3)21(9-4)29(36-27)40-33-25-17(5)13-12-16-24(25)32(41-33)39-31-23-15-11-10-14-22(23)30(37-28)38-31;/h6-16H,1-4H2,5H3;/q-2;+2. The number of benzene rings is 2. The molecule has 0 amide bonds. The predicted molar refractivity (Wildman–Crippen MR) is 164 cm³/mol. The number of hydrogen-bond acceptors (Lipinski definition) is 6. The van der Waals surface area contributed by atoms with Crippen molar-refractivity contribution >= 4 is 56.7 Å². The molecule has 7 rings (SSSR count). The molecule has 1 radical (unpaired) electrons. The first kappa shape index (κ1) is 27.0. The molecule has 0 unspecified atom stereocenters. The molecular formula is C33H22CuN8. The summed E-state index contributed by atoms with van der Waals surface area (Å²) in [5.74, 6) is 1.84. The molecule has 2 aromatic carbocycles. The maximum Gasteiger partial charge on any atom is 2.00 e. The van der Waals surface area contributed by atoms with Gasteiger partial charge in [-0.2, -0.15) is 0 Å². The van der Waals surface area contributed by atoms with Gasteiger partial charge in [0.1, 0.15) is 0 Å². The number of aryl methyl sites for hydroxylation is 1. The molecule has 0 N–H and O–H groups in total. The maximum atomic E-state index is 4.95. The second-order valence-electron chi connectivity index (χ2n) is 9.50. The van der Waals surface area contributed by atoms with E-state index < -0.39 is 0 Å². The molecule has 5 heterocycles. The zero-order valence-corrected chi connectivity index (χ0v) is 23.5. The zero-order valence-electron chi connectivity index (χ0n) is 22.6. The van der Waals surface area contributed by atoms with Crippen LogP contribution in [0.4, 0.5) is 0 Å². The number of rotatable bonds is 4. The summed E-state index contributed by atoms with van der Waals surface area (Å²) in [4.78, 5) is 38.8. The third kappa shape index (κ3) is 3.98. The van der Waals surface area contributed by atoms with Crippen molar-refractivity contribution in [3.8, 4) is 22.8 Å². The summed E-state index contributed by atoms with van der Waals surface area (Å²) in [5.41, 5.74) is 7.35. The van der Waals surface area contributed by atoms with Crippen LogP contribution in [0, 0.1) is 6.92 Å². The minimum Gasteiger partial charge on any atom is -0.357 e. The van der Waals surface area contributed by atoms with Crippen molar-refractivity contribution in [2.45, 2.75) is 6.92 Å². The van der Waals surface area contributed by atoms with Gasteiger partial charge in [-0.1, -0.05) is 93.1 Å². The van der Waals surface area contributed by atoms with E-state index in [0.717, 1.165) is 27.5 Å². The normalized spacial score (nSPS) is 12.0. The summed E-state index contributed by atoms with van der Waals surface area (Å²) in [7, 11) is 0. The summed E-state index contributed by atoms with van der Waals surface area (Å²) in [6, 6.07) is 13.8. The Labute approximate surface area is 252 Å². The topological polar surface area (TPSA) is 106 Å². The molecule has 205 valence electrons. The van der Waals surface area contributed by atoms with Crippen molar-refractivity contribution in [2.24, 2.45) is 0 Å². The van der Waals surface area contributed by atoms with Crippen LogP contribution in [0.1, 0.15) is 28.3 Å². The molecular weight excluding hydrogens is 572 g/mol. The fourth-order valence-electron chi connectivity index (χ4n) is 5.27. The van der Waals surface area contributed by atoms with Gasteiger partial charge in [-0.3, -0.25) is 0 Å². The molecule has 5 aromatic rings. The van der Waals surface area contributed by atoms with Crippen LogP contribution in [0.15, 0.2) is 80.9 Å². The van der Waals surface area contributed by atoms with Gasteiger partial charge in [-0.15, -0.1) is 0 Å².